The van der Waals surface area contributed by atoms with Gasteiger partial charge in [0, 0.05) is 11.1 Å². The van der Waals surface area contributed by atoms with Gasteiger partial charge in [0.2, 0.25) is 15.9 Å². The average molecular weight is 599 g/mol. The number of aromatic nitrogens is 1. The number of hydrogen-bond donors (Lipinski definition) is 4. The van der Waals surface area contributed by atoms with Gasteiger partial charge in [0.1, 0.15) is 11.4 Å². The first-order chi connectivity index (χ1) is 18.0. The molecule has 0 bridgehead atoms. The second-order valence-corrected chi connectivity index (χ2v) is 14.2. The first-order valence-corrected chi connectivity index (χ1v) is 15.7. The number of sulfonamides is 1. The van der Waals surface area contributed by atoms with Crippen LogP contribution in [0.25, 0.3) is 0 Å². The lowest BCUT2D eigenvalue weighted by Gasteiger charge is -2.25. The summed E-state index contributed by atoms with van der Waals surface area (Å²) in [6.07, 6.45) is 0.992. The van der Waals surface area contributed by atoms with E-state index >= 15 is 0 Å². The summed E-state index contributed by atoms with van der Waals surface area (Å²) in [4.78, 5) is 0. The van der Waals surface area contributed by atoms with Crippen molar-refractivity contribution >= 4 is 51.7 Å². The van der Waals surface area contributed by atoms with Crippen molar-refractivity contribution in [3.63, 3.8) is 0 Å². The molecule has 2 aromatic carbocycles. The maximum absolute atomic E-state index is 14.0. The smallest absolute Gasteiger partial charge is 0.348 e. The van der Waals surface area contributed by atoms with Crippen LogP contribution in [0.15, 0.2) is 41.2 Å². The van der Waals surface area contributed by atoms with Crippen LogP contribution < -0.4 is 15.3 Å². The van der Waals surface area contributed by atoms with Crippen LogP contribution in [0.5, 0.6) is 11.6 Å². The summed E-state index contributed by atoms with van der Waals surface area (Å²) in [5.41, 5.74) is 0.610. The summed E-state index contributed by atoms with van der Waals surface area (Å²) in [6.45, 7) is 7.21. The number of nitrogens with zero attached hydrogens (tertiary/aromatic N) is 2. The first kappa shape index (κ1) is 28.9. The molecule has 0 amide bonds. The topological polar surface area (TPSA) is 142 Å². The van der Waals surface area contributed by atoms with Crippen LogP contribution in [0.2, 0.25) is 5.02 Å². The molecule has 210 valence electrons. The fourth-order valence-electron chi connectivity index (χ4n) is 4.42. The van der Waals surface area contributed by atoms with E-state index in [4.69, 9.17) is 16.1 Å². The highest BCUT2D eigenvalue weighted by Gasteiger charge is 2.39. The van der Waals surface area contributed by atoms with Crippen molar-refractivity contribution in [1.82, 2.24) is 4.57 Å². The molecule has 0 saturated carbocycles. The molecule has 1 atom stereocenters. The standard InChI is InChI=1S/C25H29ClFN4O6PS/c1-6-37-38(34)19-12-15(30-39(5,35)36)8-10-18(19)28-23(29-38)20-21(32)22(25(2,3)4)31(24(20)33)13-14-7-9-17(27)16(26)11-14/h7-12,30,32-33H,6,13H2,1-5H3,(H,28,29,34). The molecule has 0 saturated heterocycles. The van der Waals surface area contributed by atoms with E-state index in [1.54, 1.807) is 6.92 Å². The SMILES string of the molecule is CCOP1(=O)N=C(c2c(O)c(C(C)(C)C)n(Cc3ccc(F)c(Cl)c3)c2O)Nc2ccc(NS(C)(=O)=O)cc21. The molecule has 1 unspecified atom stereocenters. The fourth-order valence-corrected chi connectivity index (χ4v) is 6.98. The molecule has 10 nitrogen and oxygen atoms in total. The van der Waals surface area contributed by atoms with Crippen molar-refractivity contribution in [2.75, 3.05) is 22.9 Å². The third-order valence-corrected chi connectivity index (χ3v) is 8.82. The summed E-state index contributed by atoms with van der Waals surface area (Å²) in [5.74, 6) is -1.34. The Morgan fingerprint density at radius 1 is 1.21 bits per heavy atom. The van der Waals surface area contributed by atoms with Gasteiger partial charge in [-0.15, -0.1) is 0 Å². The van der Waals surface area contributed by atoms with E-state index in [9.17, 15) is 27.6 Å². The molecule has 14 heteroatoms. The van der Waals surface area contributed by atoms with Gasteiger partial charge in [0.15, 0.2) is 11.6 Å². The van der Waals surface area contributed by atoms with Crippen LogP contribution >= 0.6 is 19.1 Å². The molecule has 4 rings (SSSR count). The van der Waals surface area contributed by atoms with Crippen molar-refractivity contribution in [1.29, 1.82) is 0 Å². The number of amidine groups is 1. The molecule has 4 N–H and O–H groups in total. The predicted octanol–water partition coefficient (Wildman–Crippen LogP) is 5.14. The van der Waals surface area contributed by atoms with E-state index in [0.717, 1.165) is 6.26 Å². The van der Waals surface area contributed by atoms with Crippen molar-refractivity contribution < 1.29 is 32.1 Å². The number of fused-ring (bicyclic) bond motifs is 1. The summed E-state index contributed by atoms with van der Waals surface area (Å²) < 4.78 is 64.8. The largest absolute Gasteiger partial charge is 0.505 e. The van der Waals surface area contributed by atoms with E-state index in [1.165, 1.54) is 41.0 Å². The van der Waals surface area contributed by atoms with Crippen molar-refractivity contribution in [3.05, 3.63) is 64.1 Å². The molecule has 0 radical (unpaired) electrons. The van der Waals surface area contributed by atoms with E-state index < -0.39 is 28.8 Å². The lowest BCUT2D eigenvalue weighted by Crippen LogP contribution is -2.26. The highest BCUT2D eigenvalue weighted by atomic mass is 35.5. The Hall–Kier alpha value is -3.05. The highest BCUT2D eigenvalue weighted by Crippen LogP contribution is 2.54. The van der Waals surface area contributed by atoms with Gasteiger partial charge >= 0.3 is 7.52 Å². The Balaban J connectivity index is 1.88. The van der Waals surface area contributed by atoms with Crippen molar-refractivity contribution in [2.24, 2.45) is 4.76 Å². The van der Waals surface area contributed by atoms with Crippen LogP contribution in [-0.4, -0.2) is 41.9 Å². The number of halogens is 2. The Morgan fingerprint density at radius 3 is 2.49 bits per heavy atom. The van der Waals surface area contributed by atoms with Gasteiger partial charge in [-0.3, -0.25) is 9.29 Å². The minimum atomic E-state index is -3.98. The zero-order chi connectivity index (χ0) is 28.9. The summed E-state index contributed by atoms with van der Waals surface area (Å²) >= 11 is 5.96. The van der Waals surface area contributed by atoms with Crippen LogP contribution in [-0.2, 0) is 31.1 Å². The van der Waals surface area contributed by atoms with E-state index in [0.29, 0.717) is 16.9 Å². The summed E-state index contributed by atoms with van der Waals surface area (Å²) in [7, 11) is -7.58. The third kappa shape index (κ3) is 5.79. The second kappa shape index (κ2) is 10.2. The molecule has 0 fully saturated rings. The molecular formula is C25H29ClFN4O6PS. The molecule has 0 aliphatic carbocycles. The minimum absolute atomic E-state index is 0.0226. The second-order valence-electron chi connectivity index (χ2n) is 10.1. The highest BCUT2D eigenvalue weighted by molar-refractivity contribution is 7.92. The van der Waals surface area contributed by atoms with E-state index in [2.05, 4.69) is 14.8 Å². The van der Waals surface area contributed by atoms with Gasteiger partial charge in [-0.2, -0.15) is 4.76 Å². The number of aromatic hydroxyl groups is 2. The number of anilines is 2. The average Bonchev–Trinajstić information content (AvgIpc) is 3.05. The Labute approximate surface area is 231 Å². The predicted molar refractivity (Wildman–Crippen MR) is 151 cm³/mol. The summed E-state index contributed by atoms with van der Waals surface area (Å²) in [6, 6.07) is 8.49. The van der Waals surface area contributed by atoms with Gasteiger partial charge < -0.3 is 24.6 Å². The molecule has 2 heterocycles. The van der Waals surface area contributed by atoms with Crippen LogP contribution in [0.3, 0.4) is 0 Å². The van der Waals surface area contributed by atoms with Crippen LogP contribution in [0.1, 0.15) is 44.5 Å². The van der Waals surface area contributed by atoms with Crippen molar-refractivity contribution in [3.8, 4) is 11.6 Å². The van der Waals surface area contributed by atoms with Gasteiger partial charge in [-0.25, -0.2) is 12.8 Å². The molecule has 0 spiro atoms. The molecular weight excluding hydrogens is 570 g/mol. The molecule has 1 aliphatic heterocycles. The van der Waals surface area contributed by atoms with Crippen molar-refractivity contribution in [2.45, 2.75) is 39.7 Å². The maximum Gasteiger partial charge on any atom is 0.348 e. The number of nitrogens with one attached hydrogen (secondary N) is 2. The first-order valence-electron chi connectivity index (χ1n) is 11.9. The zero-order valence-corrected chi connectivity index (χ0v) is 24.4. The number of benzene rings is 2. The van der Waals surface area contributed by atoms with E-state index in [-0.39, 0.29) is 52.2 Å². The molecule has 1 aromatic heterocycles. The molecule has 39 heavy (non-hydrogen) atoms. The lowest BCUT2D eigenvalue weighted by atomic mass is 9.91. The lowest BCUT2D eigenvalue weighted by molar-refractivity contribution is 0.341. The minimum Gasteiger partial charge on any atom is -0.505 e. The Kier molecular flexibility index (Phi) is 7.54. The van der Waals surface area contributed by atoms with Gasteiger partial charge in [-0.05, 0) is 42.8 Å². The quantitative estimate of drug-likeness (QED) is 0.276. The summed E-state index contributed by atoms with van der Waals surface area (Å²) in [5, 5.41) is 25.8. The monoisotopic (exact) mass is 598 g/mol. The van der Waals surface area contributed by atoms with Crippen LogP contribution in [0.4, 0.5) is 15.8 Å². The number of hydrogen-bond acceptors (Lipinski definition) is 7. The fraction of sp³-hybridized carbons (Fsp3) is 0.320. The van der Waals surface area contributed by atoms with Gasteiger partial charge in [0.05, 0.1) is 41.1 Å². The van der Waals surface area contributed by atoms with Gasteiger partial charge in [0.25, 0.3) is 0 Å². The molecule has 3 aromatic rings. The normalized spacial score (nSPS) is 17.4. The molecule has 1 aliphatic rings. The Bertz CT molecular complexity index is 1650. The van der Waals surface area contributed by atoms with Gasteiger partial charge in [-0.1, -0.05) is 38.4 Å². The van der Waals surface area contributed by atoms with Crippen LogP contribution in [0, 0.1) is 5.82 Å². The maximum atomic E-state index is 14.0. The Morgan fingerprint density at radius 2 is 1.90 bits per heavy atom. The van der Waals surface area contributed by atoms with E-state index in [1.807, 2.05) is 20.8 Å². The number of rotatable bonds is 7. The zero-order valence-electron chi connectivity index (χ0n) is 21.9. The third-order valence-electron chi connectivity index (χ3n) is 5.88.